The number of quaternary nitrogens is 2. The van der Waals surface area contributed by atoms with E-state index in [9.17, 15) is 9.59 Å². The van der Waals surface area contributed by atoms with E-state index in [-0.39, 0.29) is 45.8 Å². The van der Waals surface area contributed by atoms with Gasteiger partial charge in [-0.1, -0.05) is 78.1 Å². The summed E-state index contributed by atoms with van der Waals surface area (Å²) in [6.45, 7) is 8.72. The molecule has 0 aromatic carbocycles. The molecule has 2 N–H and O–H groups in total. The fraction of sp³-hybridized carbons (Fsp3) is 0.923. The first-order chi connectivity index (χ1) is 15.1. The van der Waals surface area contributed by atoms with Crippen LogP contribution in [0.5, 0.6) is 0 Å². The Labute approximate surface area is 232 Å². The molecule has 0 saturated heterocycles. The average molecular weight is 617 g/mol. The number of nitrogens with zero attached hydrogens (tertiary/aromatic N) is 2. The molecular formula is C26H56Br2N4O2. The number of carbonyl (C=O) groups excluding carboxylic acids is 2. The molecule has 0 aromatic heterocycles. The summed E-state index contributed by atoms with van der Waals surface area (Å²) in [6.07, 6.45) is 14.8. The minimum atomic E-state index is 0. The molecule has 34 heavy (non-hydrogen) atoms. The van der Waals surface area contributed by atoms with Crippen molar-refractivity contribution in [3.05, 3.63) is 0 Å². The Morgan fingerprint density at radius 1 is 0.529 bits per heavy atom. The number of hydrogen-bond acceptors (Lipinski definition) is 2. The number of rotatable bonds is 21. The van der Waals surface area contributed by atoms with Crippen LogP contribution in [-0.2, 0) is 9.59 Å². The minimum Gasteiger partial charge on any atom is -1.00 e. The molecule has 0 aromatic rings. The smallest absolute Gasteiger partial charge is 0.275 e. The van der Waals surface area contributed by atoms with Crippen molar-refractivity contribution >= 4 is 11.8 Å². The highest BCUT2D eigenvalue weighted by Gasteiger charge is 2.26. The Hall–Kier alpha value is -0.180. The summed E-state index contributed by atoms with van der Waals surface area (Å²) >= 11 is 0. The highest BCUT2D eigenvalue weighted by molar-refractivity contribution is 5.77. The second kappa shape index (κ2) is 23.2. The van der Waals surface area contributed by atoms with Gasteiger partial charge in [0.05, 0.1) is 28.2 Å². The first-order valence-corrected chi connectivity index (χ1v) is 13.3. The predicted molar refractivity (Wildman–Crippen MR) is 136 cm³/mol. The van der Waals surface area contributed by atoms with Gasteiger partial charge >= 0.3 is 0 Å². The van der Waals surface area contributed by atoms with E-state index in [1.165, 1.54) is 64.2 Å². The molecule has 0 bridgehead atoms. The van der Waals surface area contributed by atoms with Gasteiger partial charge in [0.25, 0.3) is 11.8 Å². The molecule has 0 fully saturated rings. The topological polar surface area (TPSA) is 58.2 Å². The Kier molecular flexibility index (Phi) is 26.2. The summed E-state index contributed by atoms with van der Waals surface area (Å²) in [4.78, 5) is 24.7. The first kappa shape index (κ1) is 38.4. The van der Waals surface area contributed by atoms with Crippen LogP contribution in [-0.4, -0.2) is 88.2 Å². The quantitative estimate of drug-likeness (QED) is 0.117. The van der Waals surface area contributed by atoms with Gasteiger partial charge in [0.1, 0.15) is 13.1 Å². The molecule has 0 atom stereocenters. The molecule has 0 saturated carbocycles. The van der Waals surface area contributed by atoms with Crippen LogP contribution in [0.3, 0.4) is 0 Å². The summed E-state index contributed by atoms with van der Waals surface area (Å²) < 4.78 is 1.28. The second-order valence-electron chi connectivity index (χ2n) is 10.9. The van der Waals surface area contributed by atoms with E-state index >= 15 is 0 Å². The first-order valence-electron chi connectivity index (χ1n) is 13.3. The molecule has 0 heterocycles. The number of nitrogens with one attached hydrogen (secondary N) is 2. The Balaban J connectivity index is -0.00000480. The zero-order chi connectivity index (χ0) is 24.3. The van der Waals surface area contributed by atoms with E-state index in [2.05, 4.69) is 52.7 Å². The maximum Gasteiger partial charge on any atom is 0.275 e. The van der Waals surface area contributed by atoms with Crippen molar-refractivity contribution in [2.45, 2.75) is 90.9 Å². The molecular weight excluding hydrogens is 560 g/mol. The zero-order valence-electron chi connectivity index (χ0n) is 23.2. The van der Waals surface area contributed by atoms with Crippen LogP contribution in [0.15, 0.2) is 0 Å². The molecule has 2 amide bonds. The van der Waals surface area contributed by atoms with Crippen LogP contribution >= 0.6 is 0 Å². The monoisotopic (exact) mass is 614 g/mol. The van der Waals surface area contributed by atoms with Gasteiger partial charge in [-0.2, -0.15) is 0 Å². The van der Waals surface area contributed by atoms with Crippen LogP contribution in [0.1, 0.15) is 90.9 Å². The third kappa shape index (κ3) is 24.9. The lowest BCUT2D eigenvalue weighted by Crippen LogP contribution is -3.00. The van der Waals surface area contributed by atoms with Gasteiger partial charge in [-0.05, 0) is 12.8 Å². The van der Waals surface area contributed by atoms with Crippen LogP contribution in [0, 0.1) is 0 Å². The van der Waals surface area contributed by atoms with Gasteiger partial charge in [0.15, 0.2) is 13.1 Å². The standard InChI is InChI=1S/C26H54N4O2.2BrH/c1-7-9-11-13-15-17-19-27-25(31)23-29(3,4)21-22-30(5,6)24-26(32)28-20-18-16-14-12-10-8-2;;/h7-24H2,1-6H3;2*1H. The van der Waals surface area contributed by atoms with Crippen molar-refractivity contribution in [3.8, 4) is 0 Å². The van der Waals surface area contributed by atoms with E-state index in [4.69, 9.17) is 0 Å². The van der Waals surface area contributed by atoms with Crippen LogP contribution < -0.4 is 44.6 Å². The van der Waals surface area contributed by atoms with E-state index in [0.717, 1.165) is 39.0 Å². The van der Waals surface area contributed by atoms with Crippen molar-refractivity contribution in [2.75, 3.05) is 67.5 Å². The van der Waals surface area contributed by atoms with E-state index < -0.39 is 0 Å². The van der Waals surface area contributed by atoms with Crippen LogP contribution in [0.25, 0.3) is 0 Å². The number of hydrogen-bond donors (Lipinski definition) is 2. The Bertz CT molecular complexity index is 459. The molecule has 0 spiro atoms. The maximum atomic E-state index is 12.3. The molecule has 206 valence electrons. The normalized spacial score (nSPS) is 11.4. The van der Waals surface area contributed by atoms with Crippen LogP contribution in [0.2, 0.25) is 0 Å². The van der Waals surface area contributed by atoms with Crippen molar-refractivity contribution in [1.29, 1.82) is 0 Å². The Morgan fingerprint density at radius 3 is 1.15 bits per heavy atom. The highest BCUT2D eigenvalue weighted by atomic mass is 79.9. The number of likely N-dealkylation sites (N-methyl/N-ethyl adjacent to an activating group) is 2. The van der Waals surface area contributed by atoms with Gasteiger partial charge in [0.2, 0.25) is 0 Å². The van der Waals surface area contributed by atoms with Gasteiger partial charge in [-0.15, -0.1) is 0 Å². The van der Waals surface area contributed by atoms with Gasteiger partial charge < -0.3 is 53.6 Å². The van der Waals surface area contributed by atoms with E-state index in [1.54, 1.807) is 0 Å². The number of unbranched alkanes of at least 4 members (excludes halogenated alkanes) is 10. The number of carbonyl (C=O) groups is 2. The van der Waals surface area contributed by atoms with Gasteiger partial charge in [0, 0.05) is 13.1 Å². The van der Waals surface area contributed by atoms with Gasteiger partial charge in [-0.3, -0.25) is 9.59 Å². The van der Waals surface area contributed by atoms with Crippen molar-refractivity contribution < 1.29 is 52.5 Å². The molecule has 0 unspecified atom stereocenters. The molecule has 0 radical (unpaired) electrons. The summed E-state index contributed by atoms with van der Waals surface area (Å²) in [6, 6.07) is 0. The molecule has 0 rings (SSSR count). The van der Waals surface area contributed by atoms with E-state index in [0.29, 0.717) is 22.1 Å². The molecule has 6 nitrogen and oxygen atoms in total. The summed E-state index contributed by atoms with van der Waals surface area (Å²) in [5.41, 5.74) is 0. The fourth-order valence-corrected chi connectivity index (χ4v) is 3.86. The lowest BCUT2D eigenvalue weighted by atomic mass is 10.1. The predicted octanol–water partition coefficient (Wildman–Crippen LogP) is -1.90. The fourth-order valence-electron chi connectivity index (χ4n) is 3.86. The summed E-state index contributed by atoms with van der Waals surface area (Å²) in [5, 5.41) is 6.16. The highest BCUT2D eigenvalue weighted by Crippen LogP contribution is 2.06. The molecule has 0 aliphatic heterocycles. The molecule has 0 aliphatic carbocycles. The third-order valence-corrected chi connectivity index (χ3v) is 6.16. The van der Waals surface area contributed by atoms with Crippen molar-refractivity contribution in [2.24, 2.45) is 0 Å². The van der Waals surface area contributed by atoms with Crippen molar-refractivity contribution in [1.82, 2.24) is 10.6 Å². The summed E-state index contributed by atoms with van der Waals surface area (Å²) in [7, 11) is 8.40. The SMILES string of the molecule is CCCCCCCCNC(=O)C[N+](C)(C)CC[N+](C)(C)CC(=O)NCCCCCCCC.[Br-].[Br-]. The number of amides is 2. The molecule has 0 aliphatic rings. The van der Waals surface area contributed by atoms with Crippen molar-refractivity contribution in [3.63, 3.8) is 0 Å². The Morgan fingerprint density at radius 2 is 0.824 bits per heavy atom. The summed E-state index contributed by atoms with van der Waals surface area (Å²) in [5.74, 6) is 0.260. The van der Waals surface area contributed by atoms with E-state index in [1.807, 2.05) is 0 Å². The molecule has 8 heteroatoms. The third-order valence-electron chi connectivity index (χ3n) is 6.16. The van der Waals surface area contributed by atoms with Crippen LogP contribution in [0.4, 0.5) is 0 Å². The second-order valence-corrected chi connectivity index (χ2v) is 10.9. The minimum absolute atomic E-state index is 0. The largest absolute Gasteiger partial charge is 1.00 e. The number of halogens is 2. The lowest BCUT2D eigenvalue weighted by molar-refractivity contribution is -0.938. The zero-order valence-corrected chi connectivity index (χ0v) is 26.4. The lowest BCUT2D eigenvalue weighted by Gasteiger charge is -2.34. The average Bonchev–Trinajstić information content (AvgIpc) is 2.70. The maximum absolute atomic E-state index is 12.3. The van der Waals surface area contributed by atoms with Gasteiger partial charge in [-0.25, -0.2) is 0 Å².